The number of hydrogen-bond donors (Lipinski definition) is 1. The van der Waals surface area contributed by atoms with E-state index in [1.807, 2.05) is 38.1 Å². The van der Waals surface area contributed by atoms with E-state index < -0.39 is 0 Å². The second-order valence-electron chi connectivity index (χ2n) is 6.10. The Bertz CT molecular complexity index is 835. The summed E-state index contributed by atoms with van der Waals surface area (Å²) in [7, 11) is 0. The molecule has 0 atom stereocenters. The Morgan fingerprint density at radius 1 is 1.25 bits per heavy atom. The first-order valence-corrected chi connectivity index (χ1v) is 7.76. The third-order valence-corrected chi connectivity index (χ3v) is 3.75. The van der Waals surface area contributed by atoms with Crippen LogP contribution in [-0.2, 0) is 4.79 Å². The van der Waals surface area contributed by atoms with Crippen molar-refractivity contribution in [1.82, 2.24) is 0 Å². The van der Waals surface area contributed by atoms with E-state index in [0.717, 1.165) is 16.7 Å². The molecule has 0 saturated heterocycles. The highest BCUT2D eigenvalue weighted by Crippen LogP contribution is 2.37. The number of rotatable bonds is 3. The number of nitrogens with zero attached hydrogens (tertiary/aromatic N) is 1. The molecule has 4 heteroatoms. The molecule has 0 saturated carbocycles. The van der Waals surface area contributed by atoms with Gasteiger partial charge in [0.1, 0.15) is 0 Å². The quantitative estimate of drug-likeness (QED) is 0.530. The fraction of sp³-hybridized carbons (Fsp3) is 0.150. The number of nitrogens with two attached hydrogens (primary N) is 1. The van der Waals surface area contributed by atoms with Gasteiger partial charge in [0.05, 0.1) is 5.69 Å². The van der Waals surface area contributed by atoms with Gasteiger partial charge in [-0.25, -0.2) is 0 Å². The molecule has 1 aliphatic rings. The topological polar surface area (TPSA) is 55.6 Å². The number of hydrogen-bond acceptors (Lipinski definition) is 3. The average Bonchev–Trinajstić information content (AvgIpc) is 2.54. The second kappa shape index (κ2) is 6.24. The number of nitrogen functional groups attached to an aromatic ring is 1. The van der Waals surface area contributed by atoms with Crippen LogP contribution >= 0.6 is 0 Å². The van der Waals surface area contributed by atoms with E-state index >= 15 is 0 Å². The molecule has 0 aliphatic carbocycles. The fourth-order valence-electron chi connectivity index (χ4n) is 2.57. The van der Waals surface area contributed by atoms with E-state index in [-0.39, 0.29) is 11.7 Å². The zero-order chi connectivity index (χ0) is 17.3. The fourth-order valence-corrected chi connectivity index (χ4v) is 2.57. The van der Waals surface area contributed by atoms with Gasteiger partial charge >= 0.3 is 0 Å². The Balaban J connectivity index is 2.04. The summed E-state index contributed by atoms with van der Waals surface area (Å²) in [6, 6.07) is 13.2. The van der Waals surface area contributed by atoms with Crippen LogP contribution in [0.3, 0.4) is 0 Å². The van der Waals surface area contributed by atoms with Crippen LogP contribution in [0.5, 0.6) is 5.75 Å². The molecular weight excluding hydrogens is 300 g/mol. The van der Waals surface area contributed by atoms with Gasteiger partial charge in [0.15, 0.2) is 11.5 Å². The minimum atomic E-state index is -0.198. The van der Waals surface area contributed by atoms with Crippen LogP contribution in [0.4, 0.5) is 11.4 Å². The minimum absolute atomic E-state index is 0.198. The average molecular weight is 320 g/mol. The van der Waals surface area contributed by atoms with E-state index in [2.05, 4.69) is 6.58 Å². The Morgan fingerprint density at radius 3 is 2.62 bits per heavy atom. The molecule has 0 fully saturated rings. The van der Waals surface area contributed by atoms with Crippen LogP contribution in [0.25, 0.3) is 6.08 Å². The lowest BCUT2D eigenvalue weighted by molar-refractivity contribution is -0.117. The van der Waals surface area contributed by atoms with E-state index in [1.54, 1.807) is 29.2 Å². The summed E-state index contributed by atoms with van der Waals surface area (Å²) in [5.74, 6) is 0.706. The van der Waals surface area contributed by atoms with Crippen molar-refractivity contribution in [2.45, 2.75) is 13.8 Å². The van der Waals surface area contributed by atoms with Crippen LogP contribution < -0.4 is 15.4 Å². The predicted molar refractivity (Wildman–Crippen MR) is 97.8 cm³/mol. The number of anilines is 2. The van der Waals surface area contributed by atoms with Crippen LogP contribution in [0.2, 0.25) is 0 Å². The first-order valence-electron chi connectivity index (χ1n) is 7.76. The van der Waals surface area contributed by atoms with Crippen molar-refractivity contribution >= 4 is 23.4 Å². The number of amides is 1. The van der Waals surface area contributed by atoms with Gasteiger partial charge in [0.25, 0.3) is 5.91 Å². The summed E-state index contributed by atoms with van der Waals surface area (Å²) >= 11 is 0. The molecule has 0 aromatic heterocycles. The lowest BCUT2D eigenvalue weighted by atomic mass is 10.1. The van der Waals surface area contributed by atoms with Gasteiger partial charge in [-0.3, -0.25) is 9.69 Å². The summed E-state index contributed by atoms with van der Waals surface area (Å²) in [5, 5.41) is 0. The molecule has 2 aromatic carbocycles. The summed E-state index contributed by atoms with van der Waals surface area (Å²) in [6.45, 7) is 8.24. The lowest BCUT2D eigenvalue weighted by Gasteiger charge is -2.31. The Labute approximate surface area is 141 Å². The van der Waals surface area contributed by atoms with Crippen molar-refractivity contribution < 1.29 is 9.53 Å². The van der Waals surface area contributed by atoms with Crippen molar-refractivity contribution in [2.24, 2.45) is 0 Å². The number of benzene rings is 2. The maximum Gasteiger partial charge on any atom is 0.294 e. The summed E-state index contributed by atoms with van der Waals surface area (Å²) < 4.78 is 5.83. The lowest BCUT2D eigenvalue weighted by Crippen LogP contribution is -2.38. The van der Waals surface area contributed by atoms with Gasteiger partial charge in [-0.1, -0.05) is 42.0 Å². The van der Waals surface area contributed by atoms with Crippen molar-refractivity contribution in [3.8, 4) is 5.75 Å². The van der Waals surface area contributed by atoms with E-state index in [1.165, 1.54) is 0 Å². The Morgan fingerprint density at radius 2 is 1.96 bits per heavy atom. The number of fused-ring (bicyclic) bond motifs is 1. The van der Waals surface area contributed by atoms with Crippen LogP contribution in [-0.4, -0.2) is 12.5 Å². The van der Waals surface area contributed by atoms with Crippen molar-refractivity contribution in [2.75, 3.05) is 17.2 Å². The molecule has 0 bridgehead atoms. The highest BCUT2D eigenvalue weighted by Gasteiger charge is 2.30. The molecule has 24 heavy (non-hydrogen) atoms. The molecule has 2 N–H and O–H groups in total. The molecule has 0 radical (unpaired) electrons. The zero-order valence-electron chi connectivity index (χ0n) is 13.9. The molecule has 4 nitrogen and oxygen atoms in total. The summed E-state index contributed by atoms with van der Waals surface area (Å²) in [6.07, 6.45) is 1.76. The van der Waals surface area contributed by atoms with Gasteiger partial charge in [-0.2, -0.15) is 0 Å². The second-order valence-corrected chi connectivity index (χ2v) is 6.10. The standard InChI is InChI=1S/C20H20N2O2/c1-13(2)12-22-17-11-16(21)8-9-18(17)24-19(20(22)23)10-15-6-4-14(3)5-7-15/h4-11H,1,12,21H2,2-3H3/b19-10+. The zero-order valence-corrected chi connectivity index (χ0v) is 13.9. The highest BCUT2D eigenvalue weighted by molar-refractivity contribution is 6.10. The molecule has 2 aromatic rings. The smallest absolute Gasteiger partial charge is 0.294 e. The molecule has 1 heterocycles. The number of carbonyl (C=O) groups excluding carboxylic acids is 1. The highest BCUT2D eigenvalue weighted by atomic mass is 16.5. The largest absolute Gasteiger partial charge is 0.449 e. The third-order valence-electron chi connectivity index (χ3n) is 3.75. The maximum atomic E-state index is 12.9. The van der Waals surface area contributed by atoms with E-state index in [9.17, 15) is 4.79 Å². The first-order chi connectivity index (χ1) is 11.4. The van der Waals surface area contributed by atoms with Crippen LogP contribution in [0.15, 0.2) is 60.4 Å². The number of carbonyl (C=O) groups is 1. The summed E-state index contributed by atoms with van der Waals surface area (Å²) in [5.41, 5.74) is 10.1. The van der Waals surface area contributed by atoms with Crippen molar-refractivity contribution in [3.63, 3.8) is 0 Å². The normalized spacial score (nSPS) is 15.2. The van der Waals surface area contributed by atoms with Gasteiger partial charge in [-0.05, 0) is 43.7 Å². The van der Waals surface area contributed by atoms with E-state index in [0.29, 0.717) is 23.7 Å². The molecular formula is C20H20N2O2. The minimum Gasteiger partial charge on any atom is -0.449 e. The van der Waals surface area contributed by atoms with Gasteiger partial charge in [0, 0.05) is 12.2 Å². The predicted octanol–water partition coefficient (Wildman–Crippen LogP) is 3.92. The first kappa shape index (κ1) is 15.9. The monoisotopic (exact) mass is 320 g/mol. The molecule has 3 rings (SSSR count). The molecule has 122 valence electrons. The van der Waals surface area contributed by atoms with E-state index in [4.69, 9.17) is 10.5 Å². The Kier molecular flexibility index (Phi) is 4.13. The summed E-state index contributed by atoms with van der Waals surface area (Å²) in [4.78, 5) is 14.5. The maximum absolute atomic E-state index is 12.9. The van der Waals surface area contributed by atoms with Crippen LogP contribution in [0, 0.1) is 6.92 Å². The van der Waals surface area contributed by atoms with Gasteiger partial charge in [0.2, 0.25) is 0 Å². The van der Waals surface area contributed by atoms with Crippen molar-refractivity contribution in [3.05, 3.63) is 71.5 Å². The molecule has 1 aliphatic heterocycles. The molecule has 1 amide bonds. The molecule has 0 unspecified atom stereocenters. The third kappa shape index (κ3) is 3.18. The SMILES string of the molecule is C=C(C)CN1C(=O)/C(=C\c2ccc(C)cc2)Oc2ccc(N)cc21. The van der Waals surface area contributed by atoms with Gasteiger partial charge < -0.3 is 10.5 Å². The number of aryl methyl sites for hydroxylation is 1. The number of ether oxygens (including phenoxy) is 1. The van der Waals surface area contributed by atoms with Crippen molar-refractivity contribution in [1.29, 1.82) is 0 Å². The Hall–Kier alpha value is -3.01. The van der Waals surface area contributed by atoms with Gasteiger partial charge in [-0.15, -0.1) is 0 Å². The molecule has 0 spiro atoms. The van der Waals surface area contributed by atoms with Crippen LogP contribution in [0.1, 0.15) is 18.1 Å².